The third-order valence-corrected chi connectivity index (χ3v) is 6.90. The SMILES string of the molecule is COC[C@@H](C)n1c(Cc2cc(F)c(-c3cccc(OCc4ccc(C#N)cc4F)n3)cc2F)nc2ccc(C(=O)O)cc21. The first-order chi connectivity index (χ1) is 20.7. The summed E-state index contributed by atoms with van der Waals surface area (Å²) in [7, 11) is 1.53. The maximum Gasteiger partial charge on any atom is 0.335 e. The summed E-state index contributed by atoms with van der Waals surface area (Å²) < 4.78 is 57.7. The summed E-state index contributed by atoms with van der Waals surface area (Å²) in [6, 6.07) is 16.8. The first kappa shape index (κ1) is 29.3. The molecule has 0 aliphatic heterocycles. The number of nitriles is 1. The number of carbonyl (C=O) groups is 1. The van der Waals surface area contributed by atoms with Crippen LogP contribution < -0.4 is 4.74 Å². The maximum atomic E-state index is 15.5. The van der Waals surface area contributed by atoms with E-state index >= 15 is 8.78 Å². The van der Waals surface area contributed by atoms with E-state index in [-0.39, 0.29) is 65.1 Å². The molecular weight excluding hydrogens is 561 g/mol. The highest BCUT2D eigenvalue weighted by molar-refractivity contribution is 5.92. The van der Waals surface area contributed by atoms with E-state index in [0.717, 1.165) is 18.2 Å². The van der Waals surface area contributed by atoms with Gasteiger partial charge in [-0.3, -0.25) is 0 Å². The Morgan fingerprint density at radius 1 is 1.00 bits per heavy atom. The van der Waals surface area contributed by atoms with Crippen molar-refractivity contribution in [2.75, 3.05) is 13.7 Å². The van der Waals surface area contributed by atoms with Crippen molar-refractivity contribution in [3.63, 3.8) is 0 Å². The lowest BCUT2D eigenvalue weighted by Crippen LogP contribution is -2.15. The fourth-order valence-electron chi connectivity index (χ4n) is 4.83. The summed E-state index contributed by atoms with van der Waals surface area (Å²) in [6.07, 6.45) is -0.0685. The summed E-state index contributed by atoms with van der Waals surface area (Å²) in [4.78, 5) is 20.4. The Morgan fingerprint density at radius 3 is 2.51 bits per heavy atom. The number of fused-ring (bicyclic) bond motifs is 1. The molecule has 43 heavy (non-hydrogen) atoms. The van der Waals surface area contributed by atoms with Gasteiger partial charge in [0.15, 0.2) is 0 Å². The van der Waals surface area contributed by atoms with Crippen LogP contribution >= 0.6 is 0 Å². The average molecular weight is 587 g/mol. The molecule has 1 atom stereocenters. The number of ether oxygens (including phenoxy) is 2. The van der Waals surface area contributed by atoms with Crippen LogP contribution in [-0.4, -0.2) is 39.3 Å². The second-order valence-electron chi connectivity index (χ2n) is 9.88. The van der Waals surface area contributed by atoms with Gasteiger partial charge in [-0.1, -0.05) is 12.1 Å². The number of aromatic nitrogens is 3. The first-order valence-electron chi connectivity index (χ1n) is 13.2. The minimum absolute atomic E-state index is 0.0459. The van der Waals surface area contributed by atoms with Gasteiger partial charge in [0, 0.05) is 30.7 Å². The summed E-state index contributed by atoms with van der Waals surface area (Å²) in [6.45, 7) is 1.96. The molecule has 5 aromatic rings. The number of hydrogen-bond acceptors (Lipinski definition) is 6. The van der Waals surface area contributed by atoms with E-state index in [4.69, 9.17) is 14.7 Å². The van der Waals surface area contributed by atoms with Gasteiger partial charge in [0.2, 0.25) is 5.88 Å². The number of imidazole rings is 1. The fourth-order valence-corrected chi connectivity index (χ4v) is 4.83. The molecule has 2 heterocycles. The molecule has 0 saturated heterocycles. The molecule has 0 bridgehead atoms. The molecule has 8 nitrogen and oxygen atoms in total. The summed E-state index contributed by atoms with van der Waals surface area (Å²) in [5.41, 5.74) is 1.58. The minimum Gasteiger partial charge on any atom is -0.478 e. The van der Waals surface area contributed by atoms with Crippen molar-refractivity contribution in [1.29, 1.82) is 5.26 Å². The minimum atomic E-state index is -1.09. The van der Waals surface area contributed by atoms with Crippen LogP contribution in [0.3, 0.4) is 0 Å². The van der Waals surface area contributed by atoms with Crippen LogP contribution in [0.15, 0.2) is 66.7 Å². The molecule has 0 unspecified atom stereocenters. The molecule has 218 valence electrons. The van der Waals surface area contributed by atoms with E-state index in [0.29, 0.717) is 16.9 Å². The molecule has 3 aromatic carbocycles. The molecule has 0 spiro atoms. The summed E-state index contributed by atoms with van der Waals surface area (Å²) in [5, 5.41) is 18.4. The van der Waals surface area contributed by atoms with Gasteiger partial charge in [-0.05, 0) is 61.0 Å². The zero-order chi connectivity index (χ0) is 30.7. The van der Waals surface area contributed by atoms with Gasteiger partial charge in [0.25, 0.3) is 0 Å². The third-order valence-electron chi connectivity index (χ3n) is 6.90. The monoisotopic (exact) mass is 586 g/mol. The molecule has 0 fully saturated rings. The van der Waals surface area contributed by atoms with Crippen molar-refractivity contribution in [3.05, 3.63) is 112 Å². The molecule has 2 aromatic heterocycles. The highest BCUT2D eigenvalue weighted by atomic mass is 19.1. The van der Waals surface area contributed by atoms with E-state index in [1.807, 2.05) is 13.0 Å². The largest absolute Gasteiger partial charge is 0.478 e. The number of methoxy groups -OCH3 is 1. The number of halogens is 3. The zero-order valence-electron chi connectivity index (χ0n) is 23.1. The Balaban J connectivity index is 1.43. The van der Waals surface area contributed by atoms with Crippen molar-refractivity contribution in [1.82, 2.24) is 14.5 Å². The molecule has 1 N–H and O–H groups in total. The van der Waals surface area contributed by atoms with Crippen molar-refractivity contribution >= 4 is 17.0 Å². The van der Waals surface area contributed by atoms with Crippen LogP contribution in [0, 0.1) is 28.8 Å². The predicted molar refractivity (Wildman–Crippen MR) is 151 cm³/mol. The number of carboxylic acids is 1. The van der Waals surface area contributed by atoms with Crippen LogP contribution in [0.4, 0.5) is 13.2 Å². The van der Waals surface area contributed by atoms with E-state index in [2.05, 4.69) is 9.97 Å². The lowest BCUT2D eigenvalue weighted by Gasteiger charge is -2.17. The molecule has 0 saturated carbocycles. The Labute approximate surface area is 244 Å². The van der Waals surface area contributed by atoms with Crippen LogP contribution in [-0.2, 0) is 17.8 Å². The van der Waals surface area contributed by atoms with Crippen molar-refractivity contribution < 1.29 is 32.5 Å². The second-order valence-corrected chi connectivity index (χ2v) is 9.88. The number of benzene rings is 3. The van der Waals surface area contributed by atoms with Crippen LogP contribution in [0.25, 0.3) is 22.3 Å². The lowest BCUT2D eigenvalue weighted by atomic mass is 10.0. The lowest BCUT2D eigenvalue weighted by molar-refractivity contribution is 0.0697. The molecule has 0 aliphatic rings. The van der Waals surface area contributed by atoms with Gasteiger partial charge in [0.05, 0.1) is 46.6 Å². The maximum absolute atomic E-state index is 15.5. The topological polar surface area (TPSA) is 110 Å². The van der Waals surface area contributed by atoms with Gasteiger partial charge in [0.1, 0.15) is 29.9 Å². The molecule has 0 radical (unpaired) electrons. The van der Waals surface area contributed by atoms with E-state index < -0.39 is 23.4 Å². The number of aromatic carboxylic acids is 1. The Hall–Kier alpha value is -5.21. The van der Waals surface area contributed by atoms with Gasteiger partial charge in [-0.15, -0.1) is 0 Å². The molecule has 0 aliphatic carbocycles. The van der Waals surface area contributed by atoms with E-state index in [1.165, 1.54) is 43.5 Å². The average Bonchev–Trinajstić information content (AvgIpc) is 3.35. The van der Waals surface area contributed by atoms with Gasteiger partial charge < -0.3 is 19.1 Å². The second kappa shape index (κ2) is 12.3. The van der Waals surface area contributed by atoms with Gasteiger partial charge in [-0.2, -0.15) is 5.26 Å². The molecule has 5 rings (SSSR count). The normalized spacial score (nSPS) is 11.8. The number of pyridine rings is 1. The highest BCUT2D eigenvalue weighted by Gasteiger charge is 2.21. The zero-order valence-corrected chi connectivity index (χ0v) is 23.1. The number of carboxylic acid groups (broad SMARTS) is 1. The van der Waals surface area contributed by atoms with Gasteiger partial charge >= 0.3 is 5.97 Å². The summed E-state index contributed by atoms with van der Waals surface area (Å²) >= 11 is 0. The van der Waals surface area contributed by atoms with Crippen molar-refractivity contribution in [2.45, 2.75) is 26.0 Å². The molecule has 0 amide bonds. The summed E-state index contributed by atoms with van der Waals surface area (Å²) in [5.74, 6) is -2.62. The Bertz CT molecular complexity index is 1880. The van der Waals surface area contributed by atoms with Gasteiger partial charge in [-0.25, -0.2) is 27.9 Å². The Kier molecular flexibility index (Phi) is 8.41. The van der Waals surface area contributed by atoms with Crippen molar-refractivity contribution in [3.8, 4) is 23.2 Å². The number of rotatable bonds is 10. The van der Waals surface area contributed by atoms with E-state index in [1.54, 1.807) is 16.7 Å². The smallest absolute Gasteiger partial charge is 0.335 e. The first-order valence-corrected chi connectivity index (χ1v) is 13.2. The highest BCUT2D eigenvalue weighted by Crippen LogP contribution is 2.29. The van der Waals surface area contributed by atoms with Crippen LogP contribution in [0.5, 0.6) is 5.88 Å². The predicted octanol–water partition coefficient (Wildman–Crippen LogP) is 6.46. The molecule has 11 heteroatoms. The quantitative estimate of drug-likeness (QED) is 0.200. The van der Waals surface area contributed by atoms with Crippen LogP contribution in [0.1, 0.15) is 45.8 Å². The molecular formula is C32H25F3N4O4. The third kappa shape index (κ3) is 6.19. The van der Waals surface area contributed by atoms with E-state index in [9.17, 15) is 14.3 Å². The number of nitrogens with zero attached hydrogens (tertiary/aromatic N) is 4. The number of hydrogen-bond donors (Lipinski definition) is 1. The standard InChI is InChI=1S/C32H25F3N4O4/c1-18(16-42-2)39-29-12-20(32(40)41)8-9-28(29)37-30(39)13-22-11-26(35)23(14-25(22)34)27-4-3-5-31(38-27)43-17-21-7-6-19(15-36)10-24(21)33/h3-12,14,18H,13,16-17H2,1-2H3,(H,40,41)/t18-/m1/s1. The van der Waals surface area contributed by atoms with Crippen molar-refractivity contribution in [2.24, 2.45) is 0 Å². The Morgan fingerprint density at radius 2 is 1.79 bits per heavy atom. The fraction of sp³-hybridized carbons (Fsp3) is 0.188. The van der Waals surface area contributed by atoms with Crippen LogP contribution in [0.2, 0.25) is 0 Å².